The molecule has 0 radical (unpaired) electrons. The lowest BCUT2D eigenvalue weighted by Gasteiger charge is -2.28. The fourth-order valence-corrected chi connectivity index (χ4v) is 2.25. The number of alkyl halides is 1. The molecule has 0 saturated carbocycles. The highest BCUT2D eigenvalue weighted by atomic mass is 35.5. The van der Waals surface area contributed by atoms with Gasteiger partial charge < -0.3 is 5.73 Å². The Balaban J connectivity index is 3.84. The van der Waals surface area contributed by atoms with Crippen LogP contribution in [-0.2, 0) is 0 Å². The smallest absolute Gasteiger partial charge is 0.0585 e. The van der Waals surface area contributed by atoms with Crippen LogP contribution in [-0.4, -0.2) is 29.5 Å². The first-order valence-corrected chi connectivity index (χ1v) is 6.08. The highest BCUT2D eigenvalue weighted by molar-refractivity contribution is 6.20. The van der Waals surface area contributed by atoms with E-state index < -0.39 is 0 Å². The summed E-state index contributed by atoms with van der Waals surface area (Å²) in [6.45, 7) is 10.7. The lowest BCUT2D eigenvalue weighted by Crippen LogP contribution is -2.43. The average molecular weight is 221 g/mol. The molecule has 1 unspecified atom stereocenters. The van der Waals surface area contributed by atoms with E-state index in [1.807, 2.05) is 0 Å². The Hall–Kier alpha value is 0.210. The molecule has 0 spiro atoms. The minimum Gasteiger partial charge on any atom is -0.316 e. The zero-order chi connectivity index (χ0) is 11.1. The molecular formula is C11H25ClN2. The van der Waals surface area contributed by atoms with Crippen LogP contribution in [0.1, 0.15) is 40.5 Å². The first kappa shape index (κ1) is 14.2. The molecular weight excluding hydrogens is 196 g/mol. The van der Waals surface area contributed by atoms with Gasteiger partial charge in [-0.25, -0.2) is 0 Å². The van der Waals surface area contributed by atoms with E-state index in [2.05, 4.69) is 32.6 Å². The van der Waals surface area contributed by atoms with Gasteiger partial charge in [0.15, 0.2) is 0 Å². The zero-order valence-corrected chi connectivity index (χ0v) is 10.7. The lowest BCUT2D eigenvalue weighted by atomic mass is 10.0. The Labute approximate surface area is 93.8 Å². The Bertz CT molecular complexity index is 135. The van der Waals surface area contributed by atoms with Crippen LogP contribution in [0.5, 0.6) is 0 Å². The van der Waals surface area contributed by atoms with Crippen molar-refractivity contribution in [3.8, 4) is 0 Å². The van der Waals surface area contributed by atoms with Crippen LogP contribution < -0.4 is 5.73 Å². The minimum absolute atomic E-state index is 0.117. The van der Waals surface area contributed by atoms with E-state index in [4.69, 9.17) is 17.3 Å². The van der Waals surface area contributed by atoms with Crippen molar-refractivity contribution in [1.82, 2.24) is 4.90 Å². The highest BCUT2D eigenvalue weighted by Crippen LogP contribution is 2.16. The molecule has 0 saturated heterocycles. The molecule has 2 N–H and O–H groups in total. The van der Waals surface area contributed by atoms with Gasteiger partial charge >= 0.3 is 0 Å². The van der Waals surface area contributed by atoms with Crippen molar-refractivity contribution in [2.45, 2.75) is 52.1 Å². The van der Waals surface area contributed by atoms with Gasteiger partial charge in [0.25, 0.3) is 0 Å². The van der Waals surface area contributed by atoms with Gasteiger partial charge in [-0.15, -0.1) is 11.6 Å². The average Bonchev–Trinajstić information content (AvgIpc) is 2.04. The van der Waals surface area contributed by atoms with Gasteiger partial charge in [0.1, 0.15) is 0 Å². The number of nitrogens with zero attached hydrogens (tertiary/aromatic N) is 1. The molecule has 0 aliphatic carbocycles. The summed E-state index contributed by atoms with van der Waals surface area (Å²) in [7, 11) is 0. The quantitative estimate of drug-likeness (QED) is 0.528. The lowest BCUT2D eigenvalue weighted by molar-refractivity contribution is 0.206. The van der Waals surface area contributed by atoms with Crippen LogP contribution >= 0.6 is 11.6 Å². The van der Waals surface area contributed by atoms with Crippen LogP contribution in [0.3, 0.4) is 0 Å². The summed E-state index contributed by atoms with van der Waals surface area (Å²) in [4.78, 5) is 2.25. The highest BCUT2D eigenvalue weighted by Gasteiger charge is 2.16. The van der Waals surface area contributed by atoms with Crippen molar-refractivity contribution in [2.24, 2.45) is 11.7 Å². The van der Waals surface area contributed by atoms with Crippen molar-refractivity contribution in [3.05, 3.63) is 0 Å². The van der Waals surface area contributed by atoms with E-state index in [0.29, 0.717) is 5.92 Å². The van der Waals surface area contributed by atoms with Crippen LogP contribution in [0, 0.1) is 5.92 Å². The van der Waals surface area contributed by atoms with Gasteiger partial charge in [0, 0.05) is 5.38 Å². The van der Waals surface area contributed by atoms with Gasteiger partial charge in [-0.2, -0.15) is 0 Å². The molecule has 0 aliphatic heterocycles. The normalized spacial score (nSPS) is 16.3. The zero-order valence-electron chi connectivity index (χ0n) is 9.96. The fourth-order valence-electron chi connectivity index (χ4n) is 1.71. The van der Waals surface area contributed by atoms with Crippen LogP contribution in [0.2, 0.25) is 0 Å². The topological polar surface area (TPSA) is 29.3 Å². The monoisotopic (exact) mass is 220 g/mol. The molecule has 3 heteroatoms. The fraction of sp³-hybridized carbons (Fsp3) is 1.00. The van der Waals surface area contributed by atoms with E-state index in [0.717, 1.165) is 25.9 Å². The first-order chi connectivity index (χ1) is 6.51. The SMILES string of the molecule is CCN(CC)[C@@H](N)CC(Cl)CC(C)C. The molecule has 0 bridgehead atoms. The summed E-state index contributed by atoms with van der Waals surface area (Å²) in [5.74, 6) is 0.654. The van der Waals surface area contributed by atoms with Crippen molar-refractivity contribution in [2.75, 3.05) is 13.1 Å². The number of rotatable bonds is 7. The molecule has 0 aliphatic rings. The summed E-state index contributed by atoms with van der Waals surface area (Å²) in [6.07, 6.45) is 2.06. The molecule has 2 atom stereocenters. The number of hydrogen-bond donors (Lipinski definition) is 1. The van der Waals surface area contributed by atoms with Gasteiger partial charge in [-0.05, 0) is 31.8 Å². The minimum atomic E-state index is 0.117. The Morgan fingerprint density at radius 1 is 1.14 bits per heavy atom. The van der Waals surface area contributed by atoms with E-state index in [9.17, 15) is 0 Å². The van der Waals surface area contributed by atoms with Crippen LogP contribution in [0.15, 0.2) is 0 Å². The third-order valence-electron chi connectivity index (χ3n) is 2.51. The summed E-state index contributed by atoms with van der Waals surface area (Å²) < 4.78 is 0. The second-order valence-corrected chi connectivity index (χ2v) is 4.87. The van der Waals surface area contributed by atoms with E-state index in [1.165, 1.54) is 0 Å². The van der Waals surface area contributed by atoms with E-state index in [1.54, 1.807) is 0 Å². The number of hydrogen-bond acceptors (Lipinski definition) is 2. The third kappa shape index (κ3) is 5.84. The Morgan fingerprint density at radius 2 is 1.64 bits per heavy atom. The molecule has 0 aromatic heterocycles. The molecule has 2 nitrogen and oxygen atoms in total. The maximum Gasteiger partial charge on any atom is 0.0585 e. The largest absolute Gasteiger partial charge is 0.316 e. The van der Waals surface area contributed by atoms with Crippen LogP contribution in [0.4, 0.5) is 0 Å². The summed E-state index contributed by atoms with van der Waals surface area (Å²) in [5.41, 5.74) is 6.06. The Morgan fingerprint density at radius 3 is 2.00 bits per heavy atom. The maximum atomic E-state index is 6.22. The predicted octanol–water partition coefficient (Wildman–Crippen LogP) is 2.66. The first-order valence-electron chi connectivity index (χ1n) is 5.64. The second-order valence-electron chi connectivity index (χ2n) is 4.25. The third-order valence-corrected chi connectivity index (χ3v) is 2.86. The van der Waals surface area contributed by atoms with Gasteiger partial charge in [0.2, 0.25) is 0 Å². The summed E-state index contributed by atoms with van der Waals surface area (Å²) in [6, 6.07) is 0. The van der Waals surface area contributed by atoms with E-state index in [-0.39, 0.29) is 11.5 Å². The molecule has 0 aromatic rings. The van der Waals surface area contributed by atoms with E-state index >= 15 is 0 Å². The molecule has 0 heterocycles. The second kappa shape index (κ2) is 7.49. The number of nitrogens with two attached hydrogens (primary N) is 1. The van der Waals surface area contributed by atoms with Gasteiger partial charge in [-0.1, -0.05) is 27.7 Å². The summed E-state index contributed by atoms with van der Waals surface area (Å²) >= 11 is 6.22. The molecule has 0 fully saturated rings. The standard InChI is InChI=1S/C11H25ClN2/c1-5-14(6-2)11(13)8-10(12)7-9(3)4/h9-11H,5-8,13H2,1-4H3/t10?,11-/m1/s1. The van der Waals surface area contributed by atoms with Crippen LogP contribution in [0.25, 0.3) is 0 Å². The summed E-state index contributed by atoms with van der Waals surface area (Å²) in [5, 5.41) is 0.214. The van der Waals surface area contributed by atoms with Crippen molar-refractivity contribution >= 4 is 11.6 Å². The van der Waals surface area contributed by atoms with Gasteiger partial charge in [-0.3, -0.25) is 4.90 Å². The predicted molar refractivity (Wildman–Crippen MR) is 64.6 cm³/mol. The molecule has 86 valence electrons. The maximum absolute atomic E-state index is 6.22. The van der Waals surface area contributed by atoms with Crippen molar-refractivity contribution < 1.29 is 0 Å². The van der Waals surface area contributed by atoms with Gasteiger partial charge in [0.05, 0.1) is 6.17 Å². The molecule has 0 amide bonds. The van der Waals surface area contributed by atoms with Crippen molar-refractivity contribution in [1.29, 1.82) is 0 Å². The van der Waals surface area contributed by atoms with Crippen molar-refractivity contribution in [3.63, 3.8) is 0 Å². The molecule has 0 aromatic carbocycles. The molecule has 0 rings (SSSR count). The Kier molecular flexibility index (Phi) is 7.61. The molecule has 14 heavy (non-hydrogen) atoms. The number of halogens is 1.